The first-order chi connectivity index (χ1) is 9.86. The summed E-state index contributed by atoms with van der Waals surface area (Å²) in [5, 5.41) is 31.0. The van der Waals surface area contributed by atoms with Crippen molar-refractivity contribution < 1.29 is 24.7 Å². The number of nitrogens with zero attached hydrogens (tertiary/aromatic N) is 1. The van der Waals surface area contributed by atoms with Crippen LogP contribution >= 0.6 is 0 Å². The molecular weight excluding hydrogens is 306 g/mol. The standard InChI is InChI=1S/C14H25NO6Si/c1-14(18,6-7-22(3,4)5)9-12(16)11(10-15(19)20)8-13(17)21-2/h11-12,16,18H,8-10H2,1-5H3. The molecule has 0 amide bonds. The maximum Gasteiger partial charge on any atom is 0.306 e. The van der Waals surface area contributed by atoms with Crippen molar-refractivity contribution >= 4 is 14.0 Å². The normalized spacial score (nSPS) is 16.7. The summed E-state index contributed by atoms with van der Waals surface area (Å²) in [7, 11) is -0.514. The Morgan fingerprint density at radius 3 is 2.41 bits per heavy atom. The number of aliphatic hydroxyl groups is 2. The van der Waals surface area contributed by atoms with Gasteiger partial charge in [0.2, 0.25) is 6.54 Å². The van der Waals surface area contributed by atoms with E-state index in [4.69, 9.17) is 0 Å². The number of methoxy groups -OCH3 is 1. The second kappa shape index (κ2) is 8.27. The van der Waals surface area contributed by atoms with Crippen LogP contribution in [0.25, 0.3) is 0 Å². The van der Waals surface area contributed by atoms with Gasteiger partial charge < -0.3 is 14.9 Å². The van der Waals surface area contributed by atoms with Crippen molar-refractivity contribution in [3.8, 4) is 11.5 Å². The van der Waals surface area contributed by atoms with E-state index in [9.17, 15) is 25.1 Å². The van der Waals surface area contributed by atoms with Crippen LogP contribution in [-0.4, -0.2) is 54.5 Å². The zero-order chi connectivity index (χ0) is 17.6. The molecule has 0 fully saturated rings. The summed E-state index contributed by atoms with van der Waals surface area (Å²) in [6.45, 7) is 6.91. The molecule has 0 aromatic rings. The fourth-order valence-corrected chi connectivity index (χ4v) is 2.40. The van der Waals surface area contributed by atoms with Gasteiger partial charge in [-0.05, 0) is 6.92 Å². The van der Waals surface area contributed by atoms with Crippen molar-refractivity contribution in [3.63, 3.8) is 0 Å². The van der Waals surface area contributed by atoms with E-state index in [-0.39, 0.29) is 12.8 Å². The van der Waals surface area contributed by atoms with Gasteiger partial charge >= 0.3 is 5.97 Å². The third-order valence-electron chi connectivity index (χ3n) is 2.90. The molecule has 0 aromatic heterocycles. The lowest BCUT2D eigenvalue weighted by atomic mass is 9.89. The Morgan fingerprint density at radius 1 is 1.45 bits per heavy atom. The molecule has 22 heavy (non-hydrogen) atoms. The van der Waals surface area contributed by atoms with Crippen molar-refractivity contribution in [3.05, 3.63) is 10.1 Å². The fourth-order valence-electron chi connectivity index (χ4n) is 1.76. The molecule has 126 valence electrons. The predicted molar refractivity (Wildman–Crippen MR) is 84.4 cm³/mol. The molecule has 3 unspecified atom stereocenters. The molecule has 3 atom stereocenters. The van der Waals surface area contributed by atoms with Gasteiger partial charge in [-0.1, -0.05) is 25.6 Å². The van der Waals surface area contributed by atoms with E-state index in [1.807, 2.05) is 19.6 Å². The number of ether oxygens (including phenoxy) is 1. The van der Waals surface area contributed by atoms with E-state index in [0.717, 1.165) is 0 Å². The first-order valence-electron chi connectivity index (χ1n) is 6.99. The van der Waals surface area contributed by atoms with Crippen molar-refractivity contribution in [1.82, 2.24) is 0 Å². The van der Waals surface area contributed by atoms with E-state index in [0.29, 0.717) is 0 Å². The molecule has 0 aliphatic rings. The van der Waals surface area contributed by atoms with Crippen LogP contribution < -0.4 is 0 Å². The maximum atomic E-state index is 11.3. The second-order valence-electron chi connectivity index (χ2n) is 6.60. The lowest BCUT2D eigenvalue weighted by Crippen LogP contribution is -2.37. The zero-order valence-corrected chi connectivity index (χ0v) is 14.8. The quantitative estimate of drug-likeness (QED) is 0.235. The molecule has 0 rings (SSSR count). The van der Waals surface area contributed by atoms with Crippen LogP contribution in [-0.2, 0) is 9.53 Å². The molecule has 7 nitrogen and oxygen atoms in total. The Labute approximate surface area is 131 Å². The summed E-state index contributed by atoms with van der Waals surface area (Å²) in [6.07, 6.45) is -1.67. The number of carbonyl (C=O) groups excluding carboxylic acids is 1. The molecule has 0 heterocycles. The Kier molecular flexibility index (Phi) is 7.73. The molecule has 0 aliphatic heterocycles. The first kappa shape index (κ1) is 20.6. The minimum Gasteiger partial charge on any atom is -0.469 e. The first-order valence-corrected chi connectivity index (χ1v) is 10.5. The summed E-state index contributed by atoms with van der Waals surface area (Å²) >= 11 is 0. The molecule has 0 saturated carbocycles. The van der Waals surface area contributed by atoms with Crippen LogP contribution in [0, 0.1) is 27.5 Å². The highest BCUT2D eigenvalue weighted by Crippen LogP contribution is 2.20. The molecular formula is C14H25NO6Si. The monoisotopic (exact) mass is 331 g/mol. The smallest absolute Gasteiger partial charge is 0.306 e. The van der Waals surface area contributed by atoms with Crippen LogP contribution in [0.5, 0.6) is 0 Å². The van der Waals surface area contributed by atoms with E-state index in [1.165, 1.54) is 14.0 Å². The minimum absolute atomic E-state index is 0.167. The van der Waals surface area contributed by atoms with Gasteiger partial charge in [-0.15, -0.1) is 5.54 Å². The van der Waals surface area contributed by atoms with Gasteiger partial charge in [-0.2, -0.15) is 0 Å². The maximum absolute atomic E-state index is 11.3. The number of rotatable bonds is 7. The molecule has 0 aromatic carbocycles. The molecule has 2 N–H and O–H groups in total. The van der Waals surface area contributed by atoms with E-state index >= 15 is 0 Å². The topological polar surface area (TPSA) is 110 Å². The lowest BCUT2D eigenvalue weighted by molar-refractivity contribution is -0.490. The van der Waals surface area contributed by atoms with Crippen LogP contribution in [0.3, 0.4) is 0 Å². The summed E-state index contributed by atoms with van der Waals surface area (Å²) < 4.78 is 4.48. The number of hydrogen-bond donors (Lipinski definition) is 2. The molecule has 0 bridgehead atoms. The highest BCUT2D eigenvalue weighted by atomic mass is 28.3. The number of carbonyl (C=O) groups is 1. The third-order valence-corrected chi connectivity index (χ3v) is 3.77. The number of nitro groups is 1. The predicted octanol–water partition coefficient (Wildman–Crippen LogP) is 0.825. The SMILES string of the molecule is COC(=O)CC(C[N+](=O)[O-])C(O)CC(C)(O)C#C[Si](C)(C)C. The molecule has 0 aliphatic carbocycles. The number of esters is 1. The average molecular weight is 331 g/mol. The van der Waals surface area contributed by atoms with E-state index in [1.54, 1.807) is 0 Å². The summed E-state index contributed by atoms with van der Waals surface area (Å²) in [6, 6.07) is 0. The van der Waals surface area contributed by atoms with E-state index < -0.39 is 43.1 Å². The van der Waals surface area contributed by atoms with Crippen LogP contribution in [0.4, 0.5) is 0 Å². The Balaban J connectivity index is 4.98. The van der Waals surface area contributed by atoms with Crippen molar-refractivity contribution in [2.75, 3.05) is 13.7 Å². The fraction of sp³-hybridized carbons (Fsp3) is 0.786. The van der Waals surface area contributed by atoms with Crippen molar-refractivity contribution in [2.24, 2.45) is 5.92 Å². The third kappa shape index (κ3) is 9.49. The summed E-state index contributed by atoms with van der Waals surface area (Å²) in [5.41, 5.74) is 1.53. The van der Waals surface area contributed by atoms with Gasteiger partial charge in [-0.25, -0.2) is 0 Å². The van der Waals surface area contributed by atoms with Crippen LogP contribution in [0.15, 0.2) is 0 Å². The zero-order valence-electron chi connectivity index (χ0n) is 13.8. The van der Waals surface area contributed by atoms with Crippen molar-refractivity contribution in [1.29, 1.82) is 0 Å². The van der Waals surface area contributed by atoms with Crippen molar-refractivity contribution in [2.45, 2.75) is 51.1 Å². The lowest BCUT2D eigenvalue weighted by Gasteiger charge is -2.25. The molecule has 0 saturated heterocycles. The highest BCUT2D eigenvalue weighted by Gasteiger charge is 2.33. The summed E-state index contributed by atoms with van der Waals surface area (Å²) in [4.78, 5) is 21.4. The second-order valence-corrected chi connectivity index (χ2v) is 11.4. The minimum atomic E-state index is -1.69. The summed E-state index contributed by atoms with van der Waals surface area (Å²) in [5.74, 6) is 1.16. The molecule has 0 spiro atoms. The Morgan fingerprint density at radius 2 is 2.00 bits per heavy atom. The van der Waals surface area contributed by atoms with E-state index in [2.05, 4.69) is 16.2 Å². The number of hydrogen-bond acceptors (Lipinski definition) is 6. The largest absolute Gasteiger partial charge is 0.469 e. The van der Waals surface area contributed by atoms with Crippen LogP contribution in [0.2, 0.25) is 19.6 Å². The average Bonchev–Trinajstić information content (AvgIpc) is 2.33. The molecule has 8 heteroatoms. The van der Waals surface area contributed by atoms with Gasteiger partial charge in [-0.3, -0.25) is 14.9 Å². The Hall–Kier alpha value is -1.43. The van der Waals surface area contributed by atoms with Crippen LogP contribution in [0.1, 0.15) is 19.8 Å². The number of aliphatic hydroxyl groups excluding tert-OH is 1. The van der Waals surface area contributed by atoms with Gasteiger partial charge in [0.05, 0.1) is 25.6 Å². The highest BCUT2D eigenvalue weighted by molar-refractivity contribution is 6.83. The Bertz CT molecular complexity index is 460. The van der Waals surface area contributed by atoms with Gasteiger partial charge in [0.25, 0.3) is 0 Å². The van der Waals surface area contributed by atoms with Gasteiger partial charge in [0.1, 0.15) is 13.7 Å². The molecule has 0 radical (unpaired) electrons. The van der Waals surface area contributed by atoms with Gasteiger partial charge in [0, 0.05) is 11.3 Å². The van der Waals surface area contributed by atoms with Gasteiger partial charge in [0.15, 0.2) is 0 Å².